The Hall–Kier alpha value is -0.120. The van der Waals surface area contributed by atoms with Gasteiger partial charge in [-0.3, -0.25) is 0 Å². The number of rotatable bonds is 1. The molecule has 0 bridgehead atoms. The van der Waals surface area contributed by atoms with Gasteiger partial charge in [-0.25, -0.2) is 0 Å². The summed E-state index contributed by atoms with van der Waals surface area (Å²) in [6.07, 6.45) is 2.21. The van der Waals surface area contributed by atoms with Gasteiger partial charge in [-0.1, -0.05) is 0 Å². The van der Waals surface area contributed by atoms with E-state index in [0.717, 1.165) is 19.4 Å². The van der Waals surface area contributed by atoms with Crippen molar-refractivity contribution in [2.45, 2.75) is 25.0 Å². The SMILES string of the molecule is CO[C@H]1CCOC[C@H](N)C1. The van der Waals surface area contributed by atoms with E-state index in [0.29, 0.717) is 12.7 Å². The maximum absolute atomic E-state index is 5.70. The van der Waals surface area contributed by atoms with Crippen molar-refractivity contribution in [3.05, 3.63) is 0 Å². The van der Waals surface area contributed by atoms with Gasteiger partial charge < -0.3 is 15.2 Å². The predicted octanol–water partition coefficient (Wildman–Crippen LogP) is 0.139. The fourth-order valence-electron chi connectivity index (χ4n) is 1.19. The molecule has 0 aromatic rings. The summed E-state index contributed by atoms with van der Waals surface area (Å²) in [5, 5.41) is 0. The second-order valence-corrected chi connectivity index (χ2v) is 2.72. The van der Waals surface area contributed by atoms with Crippen LogP contribution >= 0.6 is 0 Å². The van der Waals surface area contributed by atoms with Crippen LogP contribution in [-0.2, 0) is 9.47 Å². The molecule has 1 aliphatic heterocycles. The van der Waals surface area contributed by atoms with Crippen molar-refractivity contribution in [3.8, 4) is 0 Å². The van der Waals surface area contributed by atoms with Crippen LogP contribution in [-0.4, -0.2) is 32.5 Å². The van der Waals surface area contributed by atoms with Crippen molar-refractivity contribution in [3.63, 3.8) is 0 Å². The van der Waals surface area contributed by atoms with Crippen molar-refractivity contribution in [1.82, 2.24) is 0 Å². The first kappa shape index (κ1) is 7.98. The molecule has 1 fully saturated rings. The lowest BCUT2D eigenvalue weighted by Crippen LogP contribution is -2.28. The smallest absolute Gasteiger partial charge is 0.0618 e. The number of methoxy groups -OCH3 is 1. The molecular formula is C7H15NO2. The lowest BCUT2D eigenvalue weighted by Gasteiger charge is -2.13. The first-order valence-corrected chi connectivity index (χ1v) is 3.69. The molecule has 3 heteroatoms. The molecule has 0 aromatic heterocycles. The molecule has 0 aromatic carbocycles. The molecule has 60 valence electrons. The maximum Gasteiger partial charge on any atom is 0.0618 e. The summed E-state index contributed by atoms with van der Waals surface area (Å²) < 4.78 is 10.4. The summed E-state index contributed by atoms with van der Waals surface area (Å²) in [6.45, 7) is 1.46. The molecule has 0 aliphatic carbocycles. The fourth-order valence-corrected chi connectivity index (χ4v) is 1.19. The predicted molar refractivity (Wildman–Crippen MR) is 38.8 cm³/mol. The van der Waals surface area contributed by atoms with E-state index in [4.69, 9.17) is 15.2 Å². The summed E-state index contributed by atoms with van der Waals surface area (Å²) >= 11 is 0. The van der Waals surface area contributed by atoms with Crippen LogP contribution in [0, 0.1) is 0 Å². The molecule has 1 heterocycles. The summed E-state index contributed by atoms with van der Waals surface area (Å²) in [5.74, 6) is 0. The minimum atomic E-state index is 0.160. The number of nitrogens with two attached hydrogens (primary N) is 1. The Morgan fingerprint density at radius 1 is 1.60 bits per heavy atom. The van der Waals surface area contributed by atoms with Crippen molar-refractivity contribution >= 4 is 0 Å². The standard InChI is InChI=1S/C7H15NO2/c1-9-7-2-3-10-5-6(8)4-7/h6-7H,2-5,8H2,1H3/t6-,7+/m1/s1. The Morgan fingerprint density at radius 2 is 2.40 bits per heavy atom. The third-order valence-electron chi connectivity index (χ3n) is 1.82. The van der Waals surface area contributed by atoms with Crippen LogP contribution in [0.4, 0.5) is 0 Å². The van der Waals surface area contributed by atoms with Gasteiger partial charge in [-0.2, -0.15) is 0 Å². The normalized spacial score (nSPS) is 35.4. The molecule has 2 atom stereocenters. The second kappa shape index (κ2) is 3.91. The minimum Gasteiger partial charge on any atom is -0.381 e. The van der Waals surface area contributed by atoms with Crippen LogP contribution < -0.4 is 5.73 Å². The van der Waals surface area contributed by atoms with Gasteiger partial charge in [0, 0.05) is 19.8 Å². The Bertz CT molecular complexity index is 97.6. The molecule has 0 amide bonds. The molecule has 1 aliphatic rings. The maximum atomic E-state index is 5.70. The number of ether oxygens (including phenoxy) is 2. The van der Waals surface area contributed by atoms with E-state index in [1.165, 1.54) is 0 Å². The molecular weight excluding hydrogens is 130 g/mol. The van der Waals surface area contributed by atoms with Crippen LogP contribution in [0.3, 0.4) is 0 Å². The Kier molecular flexibility index (Phi) is 3.12. The van der Waals surface area contributed by atoms with E-state index < -0.39 is 0 Å². The Labute approximate surface area is 61.5 Å². The highest BCUT2D eigenvalue weighted by atomic mass is 16.5. The van der Waals surface area contributed by atoms with Gasteiger partial charge >= 0.3 is 0 Å². The summed E-state index contributed by atoms with van der Waals surface area (Å²) in [7, 11) is 1.72. The van der Waals surface area contributed by atoms with Gasteiger partial charge in [0.15, 0.2) is 0 Å². The highest BCUT2D eigenvalue weighted by Gasteiger charge is 2.16. The van der Waals surface area contributed by atoms with Crippen molar-refractivity contribution in [2.24, 2.45) is 5.73 Å². The first-order chi connectivity index (χ1) is 4.83. The highest BCUT2D eigenvalue weighted by Crippen LogP contribution is 2.09. The van der Waals surface area contributed by atoms with Crippen LogP contribution in [0.5, 0.6) is 0 Å². The highest BCUT2D eigenvalue weighted by molar-refractivity contribution is 4.71. The Morgan fingerprint density at radius 3 is 3.10 bits per heavy atom. The minimum absolute atomic E-state index is 0.160. The summed E-state index contributed by atoms with van der Waals surface area (Å²) in [6, 6.07) is 0.160. The first-order valence-electron chi connectivity index (χ1n) is 3.69. The molecule has 1 rings (SSSR count). The van der Waals surface area contributed by atoms with E-state index in [1.807, 2.05) is 0 Å². The van der Waals surface area contributed by atoms with Crippen molar-refractivity contribution < 1.29 is 9.47 Å². The van der Waals surface area contributed by atoms with E-state index in [9.17, 15) is 0 Å². The molecule has 0 saturated carbocycles. The topological polar surface area (TPSA) is 44.5 Å². The van der Waals surface area contributed by atoms with Gasteiger partial charge in [-0.15, -0.1) is 0 Å². The lowest BCUT2D eigenvalue weighted by atomic mass is 10.1. The van der Waals surface area contributed by atoms with Gasteiger partial charge in [0.25, 0.3) is 0 Å². The summed E-state index contributed by atoms with van der Waals surface area (Å²) in [5.41, 5.74) is 5.70. The van der Waals surface area contributed by atoms with Gasteiger partial charge in [0.05, 0.1) is 12.7 Å². The van der Waals surface area contributed by atoms with Crippen LogP contribution in [0.1, 0.15) is 12.8 Å². The van der Waals surface area contributed by atoms with Gasteiger partial charge in [0.2, 0.25) is 0 Å². The Balaban J connectivity index is 2.30. The largest absolute Gasteiger partial charge is 0.381 e. The molecule has 10 heavy (non-hydrogen) atoms. The van der Waals surface area contributed by atoms with E-state index in [2.05, 4.69) is 0 Å². The third kappa shape index (κ3) is 2.25. The van der Waals surface area contributed by atoms with Crippen molar-refractivity contribution in [2.75, 3.05) is 20.3 Å². The molecule has 0 radical (unpaired) electrons. The zero-order valence-electron chi connectivity index (χ0n) is 6.38. The van der Waals surface area contributed by atoms with Crippen LogP contribution in [0.25, 0.3) is 0 Å². The monoisotopic (exact) mass is 145 g/mol. The molecule has 0 unspecified atom stereocenters. The third-order valence-corrected chi connectivity index (χ3v) is 1.82. The van der Waals surface area contributed by atoms with E-state index in [-0.39, 0.29) is 6.04 Å². The number of hydrogen-bond donors (Lipinski definition) is 1. The molecule has 0 spiro atoms. The zero-order chi connectivity index (χ0) is 7.40. The quantitative estimate of drug-likeness (QED) is 0.570. The van der Waals surface area contributed by atoms with Gasteiger partial charge in [-0.05, 0) is 12.8 Å². The average Bonchev–Trinajstić information content (AvgIpc) is 2.13. The second-order valence-electron chi connectivity index (χ2n) is 2.72. The van der Waals surface area contributed by atoms with E-state index in [1.54, 1.807) is 7.11 Å². The zero-order valence-corrected chi connectivity index (χ0v) is 6.38. The lowest BCUT2D eigenvalue weighted by molar-refractivity contribution is 0.0780. The van der Waals surface area contributed by atoms with Gasteiger partial charge in [0.1, 0.15) is 0 Å². The average molecular weight is 145 g/mol. The molecule has 2 N–H and O–H groups in total. The fraction of sp³-hybridized carbons (Fsp3) is 1.00. The number of hydrogen-bond acceptors (Lipinski definition) is 3. The van der Waals surface area contributed by atoms with Crippen molar-refractivity contribution in [1.29, 1.82) is 0 Å². The molecule has 1 saturated heterocycles. The van der Waals surface area contributed by atoms with Crippen LogP contribution in [0.2, 0.25) is 0 Å². The summed E-state index contributed by atoms with van der Waals surface area (Å²) in [4.78, 5) is 0. The van der Waals surface area contributed by atoms with Crippen LogP contribution in [0.15, 0.2) is 0 Å². The van der Waals surface area contributed by atoms with E-state index >= 15 is 0 Å². The molecule has 3 nitrogen and oxygen atoms in total.